The molecule has 3 aromatic rings. The number of thioether (sulfide) groups is 1. The van der Waals surface area contributed by atoms with E-state index in [1.807, 2.05) is 42.5 Å². The van der Waals surface area contributed by atoms with Gasteiger partial charge in [-0.3, -0.25) is 14.5 Å². The first-order valence-corrected chi connectivity index (χ1v) is 9.88. The Morgan fingerprint density at radius 3 is 2.52 bits per heavy atom. The Morgan fingerprint density at radius 1 is 1.03 bits per heavy atom. The smallest absolute Gasteiger partial charge is 0.337 e. The fraction of sp³-hybridized carbons (Fsp3) is 0.136. The lowest BCUT2D eigenvalue weighted by Gasteiger charge is -2.16. The number of hydrogen-bond acceptors (Lipinski definition) is 6. The van der Waals surface area contributed by atoms with Crippen LogP contribution in [0.25, 0.3) is 10.8 Å². The number of rotatable bonds is 5. The average Bonchev–Trinajstić information content (AvgIpc) is 3.01. The molecule has 2 amide bonds. The van der Waals surface area contributed by atoms with Crippen LogP contribution >= 0.6 is 11.8 Å². The number of hydrogen-bond donors (Lipinski definition) is 1. The lowest BCUT2D eigenvalue weighted by Crippen LogP contribution is -2.34. The highest BCUT2D eigenvalue weighted by Gasteiger charge is 2.39. The first kappa shape index (κ1) is 19.0. The molecule has 1 N–H and O–H groups in total. The van der Waals surface area contributed by atoms with Crippen molar-refractivity contribution in [3.05, 3.63) is 77.9 Å². The summed E-state index contributed by atoms with van der Waals surface area (Å²) in [5.74, 6) is -0.718. The van der Waals surface area contributed by atoms with Gasteiger partial charge in [-0.1, -0.05) is 48.5 Å². The van der Waals surface area contributed by atoms with E-state index < -0.39 is 11.3 Å². The van der Waals surface area contributed by atoms with E-state index in [0.29, 0.717) is 5.56 Å². The Labute approximate surface area is 171 Å². The summed E-state index contributed by atoms with van der Waals surface area (Å²) in [5.41, 5.74) is 1.98. The summed E-state index contributed by atoms with van der Waals surface area (Å²) in [6.45, 7) is 0.153. The first-order chi connectivity index (χ1) is 14.1. The van der Waals surface area contributed by atoms with E-state index in [9.17, 15) is 14.4 Å². The van der Waals surface area contributed by atoms with Crippen LogP contribution in [0.5, 0.6) is 0 Å². The van der Waals surface area contributed by atoms with Crippen molar-refractivity contribution in [2.45, 2.75) is 11.9 Å². The number of nitrogens with zero attached hydrogens (tertiary/aromatic N) is 1. The Bertz CT molecular complexity index is 1090. The maximum atomic E-state index is 12.8. The van der Waals surface area contributed by atoms with E-state index in [-0.39, 0.29) is 17.7 Å². The Hall–Kier alpha value is -3.32. The fourth-order valence-corrected chi connectivity index (χ4v) is 4.12. The fourth-order valence-electron chi connectivity index (χ4n) is 3.22. The van der Waals surface area contributed by atoms with Gasteiger partial charge in [0.1, 0.15) is 0 Å². The van der Waals surface area contributed by atoms with Crippen molar-refractivity contribution in [2.24, 2.45) is 0 Å². The van der Waals surface area contributed by atoms with Crippen LogP contribution in [0, 0.1) is 0 Å². The van der Waals surface area contributed by atoms with Crippen molar-refractivity contribution in [2.75, 3.05) is 12.4 Å². The molecule has 1 atom stereocenters. The Morgan fingerprint density at radius 2 is 1.76 bits per heavy atom. The summed E-state index contributed by atoms with van der Waals surface area (Å²) in [5, 5.41) is 4.27. The number of ether oxygens (including phenoxy) is 1. The van der Waals surface area contributed by atoms with Crippen LogP contribution in [0.3, 0.4) is 0 Å². The predicted molar refractivity (Wildman–Crippen MR) is 113 cm³/mol. The zero-order valence-electron chi connectivity index (χ0n) is 15.6. The topological polar surface area (TPSA) is 75.7 Å². The van der Waals surface area contributed by atoms with Crippen LogP contribution in [-0.2, 0) is 16.1 Å². The first-order valence-electron chi connectivity index (χ1n) is 9.00. The normalized spacial score (nSPS) is 16.3. The molecule has 0 spiro atoms. The second-order valence-corrected chi connectivity index (χ2v) is 7.60. The SMILES string of the molecule is COC(=O)c1ccc(CN2C(=O)S[C@H](Nc3cccc4ccccc34)C2=O)cc1. The minimum atomic E-state index is -0.678. The second kappa shape index (κ2) is 7.97. The van der Waals surface area contributed by atoms with Crippen LogP contribution in [0.2, 0.25) is 0 Å². The molecule has 1 aliphatic rings. The maximum Gasteiger partial charge on any atom is 0.337 e. The molecular weight excluding hydrogens is 388 g/mol. The molecule has 29 heavy (non-hydrogen) atoms. The molecule has 3 aromatic carbocycles. The summed E-state index contributed by atoms with van der Waals surface area (Å²) in [7, 11) is 1.32. The molecule has 6 nitrogen and oxygen atoms in total. The zero-order valence-corrected chi connectivity index (χ0v) is 16.4. The third kappa shape index (κ3) is 3.82. The highest BCUT2D eigenvalue weighted by Crippen LogP contribution is 2.32. The number of carbonyl (C=O) groups is 3. The number of amides is 2. The van der Waals surface area contributed by atoms with E-state index in [4.69, 9.17) is 0 Å². The predicted octanol–water partition coefficient (Wildman–Crippen LogP) is 4.26. The highest BCUT2D eigenvalue weighted by atomic mass is 32.2. The lowest BCUT2D eigenvalue weighted by atomic mass is 10.1. The third-order valence-corrected chi connectivity index (χ3v) is 5.70. The van der Waals surface area contributed by atoms with Crippen LogP contribution in [0.4, 0.5) is 10.5 Å². The largest absolute Gasteiger partial charge is 0.465 e. The van der Waals surface area contributed by atoms with Crippen LogP contribution < -0.4 is 5.32 Å². The molecule has 146 valence electrons. The molecule has 0 unspecified atom stereocenters. The number of imide groups is 1. The highest BCUT2D eigenvalue weighted by molar-refractivity contribution is 8.15. The minimum Gasteiger partial charge on any atom is -0.465 e. The van der Waals surface area contributed by atoms with Gasteiger partial charge in [0.25, 0.3) is 11.1 Å². The van der Waals surface area contributed by atoms with E-state index in [1.54, 1.807) is 24.3 Å². The average molecular weight is 406 g/mol. The molecule has 1 saturated heterocycles. The number of fused-ring (bicyclic) bond motifs is 1. The number of methoxy groups -OCH3 is 1. The van der Waals surface area contributed by atoms with Crippen molar-refractivity contribution < 1.29 is 19.1 Å². The van der Waals surface area contributed by atoms with Gasteiger partial charge in [-0.15, -0.1) is 0 Å². The molecule has 1 aliphatic heterocycles. The molecule has 0 bridgehead atoms. The van der Waals surface area contributed by atoms with E-state index >= 15 is 0 Å². The monoisotopic (exact) mass is 406 g/mol. The van der Waals surface area contributed by atoms with Gasteiger partial charge >= 0.3 is 5.97 Å². The number of benzene rings is 3. The van der Waals surface area contributed by atoms with Crippen molar-refractivity contribution in [1.29, 1.82) is 0 Å². The van der Waals surface area contributed by atoms with Crippen molar-refractivity contribution in [1.82, 2.24) is 4.90 Å². The molecule has 4 rings (SSSR count). The van der Waals surface area contributed by atoms with Gasteiger partial charge in [0.05, 0.1) is 19.2 Å². The van der Waals surface area contributed by atoms with E-state index in [0.717, 1.165) is 33.8 Å². The molecule has 1 fully saturated rings. The molecule has 0 radical (unpaired) electrons. The molecular formula is C22H18N2O4S. The zero-order chi connectivity index (χ0) is 20.4. The van der Waals surface area contributed by atoms with Gasteiger partial charge in [0.15, 0.2) is 5.37 Å². The Balaban J connectivity index is 1.49. The summed E-state index contributed by atoms with van der Waals surface area (Å²) in [6, 6.07) is 20.3. The molecule has 7 heteroatoms. The summed E-state index contributed by atoms with van der Waals surface area (Å²) < 4.78 is 4.68. The number of esters is 1. The van der Waals surface area contributed by atoms with Gasteiger partial charge in [-0.25, -0.2) is 4.79 Å². The van der Waals surface area contributed by atoms with E-state index in [1.165, 1.54) is 12.0 Å². The minimum absolute atomic E-state index is 0.153. The van der Waals surface area contributed by atoms with Crippen molar-refractivity contribution in [3.8, 4) is 0 Å². The van der Waals surface area contributed by atoms with Crippen LogP contribution in [-0.4, -0.2) is 34.5 Å². The third-order valence-electron chi connectivity index (χ3n) is 4.72. The number of anilines is 1. The summed E-state index contributed by atoms with van der Waals surface area (Å²) >= 11 is 0.968. The van der Waals surface area contributed by atoms with Gasteiger partial charge in [-0.05, 0) is 40.9 Å². The standard InChI is InChI=1S/C22H18N2O4S/c1-28-21(26)16-11-9-14(10-12-16)13-24-20(25)19(29-22(24)27)23-18-8-4-6-15-5-2-3-7-17(15)18/h2-12,19,23H,13H2,1H3/t19-/m0/s1. The quantitative estimate of drug-likeness (QED) is 0.638. The molecule has 0 aromatic heterocycles. The van der Waals surface area contributed by atoms with Gasteiger partial charge in [-0.2, -0.15) is 0 Å². The lowest BCUT2D eigenvalue weighted by molar-refractivity contribution is -0.126. The number of carbonyl (C=O) groups excluding carboxylic acids is 3. The second-order valence-electron chi connectivity index (χ2n) is 6.55. The van der Waals surface area contributed by atoms with Gasteiger partial charge in [0.2, 0.25) is 0 Å². The molecule has 0 saturated carbocycles. The van der Waals surface area contributed by atoms with Crippen molar-refractivity contribution >= 4 is 45.3 Å². The van der Waals surface area contributed by atoms with Crippen LogP contribution in [0.15, 0.2) is 66.7 Å². The Kier molecular flexibility index (Phi) is 5.22. The number of nitrogens with one attached hydrogen (secondary N) is 1. The molecule has 1 heterocycles. The van der Waals surface area contributed by atoms with Crippen molar-refractivity contribution in [3.63, 3.8) is 0 Å². The summed E-state index contributed by atoms with van der Waals surface area (Å²) in [4.78, 5) is 38.0. The van der Waals surface area contributed by atoms with Crippen LogP contribution in [0.1, 0.15) is 15.9 Å². The maximum absolute atomic E-state index is 12.8. The summed E-state index contributed by atoms with van der Waals surface area (Å²) in [6.07, 6.45) is 0. The molecule has 0 aliphatic carbocycles. The van der Waals surface area contributed by atoms with E-state index in [2.05, 4.69) is 10.1 Å². The van der Waals surface area contributed by atoms with Gasteiger partial charge < -0.3 is 10.1 Å². The van der Waals surface area contributed by atoms with Gasteiger partial charge in [0, 0.05) is 11.1 Å².